The molecule has 2 rings (SSSR count). The van der Waals surface area contributed by atoms with Crippen LogP contribution in [0.5, 0.6) is 0 Å². The van der Waals surface area contributed by atoms with Crippen molar-refractivity contribution in [1.29, 1.82) is 0 Å². The highest BCUT2D eigenvalue weighted by Gasteiger charge is 2.23. The predicted molar refractivity (Wildman–Crippen MR) is 76.0 cm³/mol. The number of hydrogen-bond acceptors (Lipinski definition) is 2. The Labute approximate surface area is 110 Å². The number of fused-ring (bicyclic) bond motifs is 1. The molecule has 1 aliphatic rings. The van der Waals surface area contributed by atoms with Crippen molar-refractivity contribution < 1.29 is 4.74 Å². The lowest BCUT2D eigenvalue weighted by atomic mass is 9.76. The first-order valence-corrected chi connectivity index (χ1v) is 6.84. The number of benzene rings is 1. The highest BCUT2D eigenvalue weighted by atomic mass is 16.5. The summed E-state index contributed by atoms with van der Waals surface area (Å²) in [6.45, 7) is 2.78. The van der Waals surface area contributed by atoms with Gasteiger partial charge in [0.25, 0.3) is 0 Å². The maximum absolute atomic E-state index is 4.98. The maximum Gasteiger partial charge on any atom is 0.0587 e. The van der Waals surface area contributed by atoms with Crippen LogP contribution in [0.2, 0.25) is 0 Å². The fourth-order valence-electron chi connectivity index (χ4n) is 2.44. The molecule has 1 N–H and O–H groups in total. The van der Waals surface area contributed by atoms with Crippen molar-refractivity contribution in [3.63, 3.8) is 0 Å². The first-order chi connectivity index (χ1) is 8.92. The average molecular weight is 245 g/mol. The summed E-state index contributed by atoms with van der Waals surface area (Å²) in [5, 5.41) is 3.34. The molecule has 0 spiro atoms. The number of methoxy groups -OCH3 is 1. The van der Waals surface area contributed by atoms with Gasteiger partial charge < -0.3 is 10.1 Å². The molecule has 1 atom stereocenters. The molecule has 0 aromatic heterocycles. The van der Waals surface area contributed by atoms with Crippen LogP contribution in [-0.2, 0) is 11.2 Å². The molecule has 1 aromatic rings. The van der Waals surface area contributed by atoms with E-state index in [2.05, 4.69) is 41.7 Å². The van der Waals surface area contributed by atoms with E-state index < -0.39 is 0 Å². The summed E-state index contributed by atoms with van der Waals surface area (Å²) < 4.78 is 4.98. The van der Waals surface area contributed by atoms with Crippen LogP contribution < -0.4 is 5.32 Å². The third-order valence-corrected chi connectivity index (χ3v) is 3.52. The van der Waals surface area contributed by atoms with Gasteiger partial charge in [0.15, 0.2) is 0 Å². The molecule has 98 valence electrons. The van der Waals surface area contributed by atoms with Gasteiger partial charge >= 0.3 is 0 Å². The summed E-state index contributed by atoms with van der Waals surface area (Å²) in [4.78, 5) is 0. The van der Waals surface area contributed by atoms with Crippen molar-refractivity contribution in [2.45, 2.75) is 25.2 Å². The zero-order chi connectivity index (χ0) is 12.6. The second-order valence-corrected chi connectivity index (χ2v) is 4.84. The molecule has 0 fully saturated rings. The number of hydrogen-bond donors (Lipinski definition) is 1. The number of allylic oxidation sites excluding steroid dienone is 1. The van der Waals surface area contributed by atoms with Gasteiger partial charge in [-0.1, -0.05) is 36.4 Å². The summed E-state index contributed by atoms with van der Waals surface area (Å²) in [6.07, 6.45) is 8.18. The number of nitrogens with one attached hydrogen (secondary N) is 1. The molecule has 0 radical (unpaired) electrons. The van der Waals surface area contributed by atoms with Crippen LogP contribution in [0.15, 0.2) is 36.4 Å². The van der Waals surface area contributed by atoms with E-state index in [0.717, 1.165) is 32.0 Å². The minimum atomic E-state index is 0.763. The van der Waals surface area contributed by atoms with Crippen LogP contribution >= 0.6 is 0 Å². The summed E-state index contributed by atoms with van der Waals surface area (Å²) in [6, 6.07) is 8.80. The molecular formula is C16H23NO. The van der Waals surface area contributed by atoms with E-state index in [1.54, 1.807) is 12.7 Å². The molecule has 0 amide bonds. The van der Waals surface area contributed by atoms with Crippen molar-refractivity contribution in [2.24, 2.45) is 0 Å². The summed E-state index contributed by atoms with van der Waals surface area (Å²) >= 11 is 0. The second kappa shape index (κ2) is 7.34. The van der Waals surface area contributed by atoms with E-state index in [9.17, 15) is 0 Å². The van der Waals surface area contributed by atoms with Crippen molar-refractivity contribution in [3.05, 3.63) is 47.5 Å². The van der Waals surface area contributed by atoms with Crippen LogP contribution in [0, 0.1) is 0 Å². The zero-order valence-corrected chi connectivity index (χ0v) is 11.2. The van der Waals surface area contributed by atoms with Gasteiger partial charge in [-0.05, 0) is 42.9 Å². The van der Waals surface area contributed by atoms with Gasteiger partial charge in [0.2, 0.25) is 0 Å². The molecule has 1 aromatic carbocycles. The molecule has 1 aliphatic carbocycles. The van der Waals surface area contributed by atoms with E-state index in [-0.39, 0.29) is 0 Å². The summed E-state index contributed by atoms with van der Waals surface area (Å²) in [5.74, 6) is 0.763. The first kappa shape index (κ1) is 13.3. The van der Waals surface area contributed by atoms with E-state index in [0.29, 0.717) is 0 Å². The lowest BCUT2D eigenvalue weighted by Crippen LogP contribution is -2.19. The van der Waals surface area contributed by atoms with Gasteiger partial charge in [-0.2, -0.15) is 0 Å². The van der Waals surface area contributed by atoms with Crippen molar-refractivity contribution in [3.8, 4) is 0 Å². The van der Waals surface area contributed by atoms with Crippen LogP contribution in [0.25, 0.3) is 0 Å². The molecule has 1 unspecified atom stereocenters. The molecule has 0 saturated heterocycles. The quantitative estimate of drug-likeness (QED) is 0.561. The molecule has 0 heterocycles. The Morgan fingerprint density at radius 3 is 3.00 bits per heavy atom. The fraction of sp³-hybridized carbons (Fsp3) is 0.500. The third-order valence-electron chi connectivity index (χ3n) is 3.52. The Morgan fingerprint density at radius 2 is 2.17 bits per heavy atom. The Morgan fingerprint density at radius 1 is 1.28 bits per heavy atom. The lowest BCUT2D eigenvalue weighted by Gasteiger charge is -2.29. The Hall–Kier alpha value is -1.12. The van der Waals surface area contributed by atoms with Gasteiger partial charge in [-0.15, -0.1) is 0 Å². The SMILES string of the molecule is COCCNCCC=CCC1Cc2ccccc21. The Kier molecular flexibility index (Phi) is 5.43. The standard InChI is InChI=1S/C16H23NO/c1-18-12-11-17-10-6-2-3-7-14-13-15-8-4-5-9-16(14)15/h2-5,8-9,14,17H,6-7,10-13H2,1H3. The highest BCUT2D eigenvalue weighted by Crippen LogP contribution is 2.37. The summed E-state index contributed by atoms with van der Waals surface area (Å²) in [7, 11) is 1.73. The van der Waals surface area contributed by atoms with Crippen LogP contribution in [0.1, 0.15) is 29.9 Å². The molecule has 2 nitrogen and oxygen atoms in total. The second-order valence-electron chi connectivity index (χ2n) is 4.84. The van der Waals surface area contributed by atoms with Gasteiger partial charge in [-0.3, -0.25) is 0 Å². The first-order valence-electron chi connectivity index (χ1n) is 6.84. The zero-order valence-electron chi connectivity index (χ0n) is 11.2. The maximum atomic E-state index is 4.98. The molecule has 0 aliphatic heterocycles. The largest absolute Gasteiger partial charge is 0.383 e. The predicted octanol–water partition coefficient (Wildman–Crippen LogP) is 2.90. The van der Waals surface area contributed by atoms with Crippen molar-refractivity contribution >= 4 is 0 Å². The van der Waals surface area contributed by atoms with Gasteiger partial charge in [0.1, 0.15) is 0 Å². The van der Waals surface area contributed by atoms with E-state index in [1.165, 1.54) is 18.4 Å². The Balaban J connectivity index is 1.57. The van der Waals surface area contributed by atoms with E-state index in [4.69, 9.17) is 4.74 Å². The number of rotatable bonds is 8. The normalized spacial score (nSPS) is 17.7. The Bertz CT molecular complexity index is 386. The van der Waals surface area contributed by atoms with Gasteiger partial charge in [-0.25, -0.2) is 0 Å². The average Bonchev–Trinajstić information content (AvgIpc) is 2.37. The van der Waals surface area contributed by atoms with Crippen LogP contribution in [-0.4, -0.2) is 26.8 Å². The highest BCUT2D eigenvalue weighted by molar-refractivity contribution is 5.40. The third kappa shape index (κ3) is 3.69. The van der Waals surface area contributed by atoms with Crippen molar-refractivity contribution in [2.75, 3.05) is 26.8 Å². The minimum Gasteiger partial charge on any atom is -0.383 e. The topological polar surface area (TPSA) is 21.3 Å². The monoisotopic (exact) mass is 245 g/mol. The number of ether oxygens (including phenoxy) is 1. The molecular weight excluding hydrogens is 222 g/mol. The molecule has 0 saturated carbocycles. The molecule has 18 heavy (non-hydrogen) atoms. The molecule has 0 bridgehead atoms. The van der Waals surface area contributed by atoms with Crippen LogP contribution in [0.3, 0.4) is 0 Å². The van der Waals surface area contributed by atoms with Gasteiger partial charge in [0, 0.05) is 13.7 Å². The van der Waals surface area contributed by atoms with E-state index >= 15 is 0 Å². The van der Waals surface area contributed by atoms with E-state index in [1.807, 2.05) is 0 Å². The molecule has 2 heteroatoms. The summed E-state index contributed by atoms with van der Waals surface area (Å²) in [5.41, 5.74) is 3.09. The van der Waals surface area contributed by atoms with Gasteiger partial charge in [0.05, 0.1) is 6.61 Å². The van der Waals surface area contributed by atoms with Crippen molar-refractivity contribution in [1.82, 2.24) is 5.32 Å². The fourth-order valence-corrected chi connectivity index (χ4v) is 2.44. The lowest BCUT2D eigenvalue weighted by molar-refractivity contribution is 0.199. The van der Waals surface area contributed by atoms with Crippen LogP contribution in [0.4, 0.5) is 0 Å². The minimum absolute atomic E-state index is 0.763. The smallest absolute Gasteiger partial charge is 0.0587 e.